The summed E-state index contributed by atoms with van der Waals surface area (Å²) in [6.07, 6.45) is 9.61. The summed E-state index contributed by atoms with van der Waals surface area (Å²) in [4.78, 5) is 2.71. The smallest absolute Gasteiger partial charge is 0.101 e. The fourth-order valence-corrected chi connectivity index (χ4v) is 4.85. The monoisotopic (exact) mass is 305 g/mol. The van der Waals surface area contributed by atoms with Gasteiger partial charge in [0.05, 0.1) is 0 Å². The minimum absolute atomic E-state index is 0.0825. The van der Waals surface area contributed by atoms with Crippen molar-refractivity contribution in [3.05, 3.63) is 23.2 Å². The van der Waals surface area contributed by atoms with Crippen LogP contribution in [0.2, 0.25) is 0 Å². The van der Waals surface area contributed by atoms with Crippen LogP contribution in [0.1, 0.15) is 44.9 Å². The summed E-state index contributed by atoms with van der Waals surface area (Å²) >= 11 is 0. The van der Waals surface area contributed by atoms with Crippen LogP contribution in [-0.2, 0) is 0 Å². The highest BCUT2D eigenvalue weighted by Gasteiger charge is 2.44. The average Bonchev–Trinajstić information content (AvgIpc) is 2.74. The quantitative estimate of drug-likeness (QED) is 0.780. The van der Waals surface area contributed by atoms with Crippen LogP contribution >= 0.6 is 0 Å². The van der Waals surface area contributed by atoms with Crippen LogP contribution < -0.4 is 10.6 Å². The fourth-order valence-electron chi connectivity index (χ4n) is 4.85. The molecule has 3 heterocycles. The number of nitrogens with one attached hydrogen (secondary N) is 2. The maximum absolute atomic E-state index is 13.8. The molecule has 0 aromatic heterocycles. The van der Waals surface area contributed by atoms with E-state index in [9.17, 15) is 4.39 Å². The number of piperidine rings is 1. The van der Waals surface area contributed by atoms with Crippen molar-refractivity contribution in [1.82, 2.24) is 15.5 Å². The number of fused-ring (bicyclic) bond motifs is 1. The highest BCUT2D eigenvalue weighted by atomic mass is 19.1. The van der Waals surface area contributed by atoms with E-state index in [-0.39, 0.29) is 11.2 Å². The van der Waals surface area contributed by atoms with E-state index in [0.29, 0.717) is 6.42 Å². The maximum atomic E-state index is 13.8. The van der Waals surface area contributed by atoms with Crippen LogP contribution in [0.3, 0.4) is 0 Å². The fraction of sp³-hybridized carbons (Fsp3) is 0.778. The van der Waals surface area contributed by atoms with Crippen molar-refractivity contribution < 1.29 is 4.39 Å². The Hall–Kier alpha value is -0.870. The predicted octanol–water partition coefficient (Wildman–Crippen LogP) is 2.72. The number of hydrogen-bond acceptors (Lipinski definition) is 3. The molecule has 4 aliphatic rings. The first-order chi connectivity index (χ1) is 10.8. The van der Waals surface area contributed by atoms with Crippen LogP contribution in [0.15, 0.2) is 23.2 Å². The Morgan fingerprint density at radius 3 is 2.86 bits per heavy atom. The number of allylic oxidation sites excluding steroid dienone is 3. The SMILES string of the molecule is FC1=CC2=C(CC1)NCC21CCN(C2CCCNCC2)CC1. The van der Waals surface area contributed by atoms with Crippen molar-refractivity contribution in [2.75, 3.05) is 32.7 Å². The molecule has 1 unspecified atom stereocenters. The van der Waals surface area contributed by atoms with E-state index in [1.807, 2.05) is 6.08 Å². The molecule has 3 aliphatic heterocycles. The van der Waals surface area contributed by atoms with Crippen LogP contribution in [0.25, 0.3) is 0 Å². The lowest BCUT2D eigenvalue weighted by molar-refractivity contribution is 0.0943. The molecule has 1 spiro atoms. The largest absolute Gasteiger partial charge is 0.387 e. The van der Waals surface area contributed by atoms with Gasteiger partial charge >= 0.3 is 0 Å². The molecule has 0 bridgehead atoms. The molecule has 0 aromatic carbocycles. The third kappa shape index (κ3) is 2.61. The topological polar surface area (TPSA) is 27.3 Å². The van der Waals surface area contributed by atoms with E-state index >= 15 is 0 Å². The molecule has 0 saturated carbocycles. The molecule has 122 valence electrons. The zero-order valence-electron chi connectivity index (χ0n) is 13.5. The number of nitrogens with zero attached hydrogens (tertiary/aromatic N) is 1. The third-order valence-electron chi connectivity index (χ3n) is 6.27. The Balaban J connectivity index is 1.44. The summed E-state index contributed by atoms with van der Waals surface area (Å²) in [5.74, 6) is 0.0825. The van der Waals surface area contributed by atoms with Crippen LogP contribution in [0, 0.1) is 5.41 Å². The van der Waals surface area contributed by atoms with Gasteiger partial charge in [-0.2, -0.15) is 0 Å². The van der Waals surface area contributed by atoms with Gasteiger partial charge in [0.25, 0.3) is 0 Å². The molecule has 4 rings (SSSR count). The average molecular weight is 305 g/mol. The van der Waals surface area contributed by atoms with Crippen molar-refractivity contribution in [2.45, 2.75) is 51.0 Å². The van der Waals surface area contributed by atoms with Crippen LogP contribution in [0.4, 0.5) is 4.39 Å². The van der Waals surface area contributed by atoms with Gasteiger partial charge in [-0.3, -0.25) is 0 Å². The molecular weight excluding hydrogens is 277 g/mol. The van der Waals surface area contributed by atoms with Gasteiger partial charge in [-0.25, -0.2) is 4.39 Å². The zero-order chi connectivity index (χ0) is 15.0. The molecule has 0 aromatic rings. The van der Waals surface area contributed by atoms with E-state index in [1.54, 1.807) is 0 Å². The molecule has 0 radical (unpaired) electrons. The zero-order valence-corrected chi connectivity index (χ0v) is 13.5. The van der Waals surface area contributed by atoms with E-state index in [0.717, 1.165) is 25.6 Å². The Labute approximate surface area is 133 Å². The second kappa shape index (κ2) is 5.97. The molecule has 2 N–H and O–H groups in total. The van der Waals surface area contributed by atoms with Gasteiger partial charge < -0.3 is 15.5 Å². The summed E-state index contributed by atoms with van der Waals surface area (Å²) in [6.45, 7) is 5.73. The maximum Gasteiger partial charge on any atom is 0.101 e. The molecule has 2 saturated heterocycles. The van der Waals surface area contributed by atoms with E-state index in [2.05, 4.69) is 15.5 Å². The Bertz CT molecular complexity index is 481. The molecule has 4 heteroatoms. The van der Waals surface area contributed by atoms with Gasteiger partial charge in [-0.15, -0.1) is 0 Å². The summed E-state index contributed by atoms with van der Waals surface area (Å²) in [5, 5.41) is 7.10. The predicted molar refractivity (Wildman–Crippen MR) is 87.2 cm³/mol. The minimum atomic E-state index is 0.0825. The lowest BCUT2D eigenvalue weighted by Gasteiger charge is -2.43. The van der Waals surface area contributed by atoms with Crippen LogP contribution in [0.5, 0.6) is 0 Å². The van der Waals surface area contributed by atoms with Crippen molar-refractivity contribution >= 4 is 0 Å². The molecule has 1 aliphatic carbocycles. The first-order valence-corrected chi connectivity index (χ1v) is 9.05. The Kier molecular flexibility index (Phi) is 3.99. The first-order valence-electron chi connectivity index (χ1n) is 9.05. The van der Waals surface area contributed by atoms with E-state index in [1.165, 1.54) is 63.0 Å². The van der Waals surface area contributed by atoms with Gasteiger partial charge in [0.2, 0.25) is 0 Å². The van der Waals surface area contributed by atoms with E-state index < -0.39 is 0 Å². The Morgan fingerprint density at radius 2 is 2.00 bits per heavy atom. The summed E-state index contributed by atoms with van der Waals surface area (Å²) in [6, 6.07) is 0.758. The number of likely N-dealkylation sites (tertiary alicyclic amines) is 1. The van der Waals surface area contributed by atoms with Crippen molar-refractivity contribution in [2.24, 2.45) is 5.41 Å². The minimum Gasteiger partial charge on any atom is -0.387 e. The van der Waals surface area contributed by atoms with Gasteiger partial charge in [0.15, 0.2) is 0 Å². The Morgan fingerprint density at radius 1 is 1.14 bits per heavy atom. The summed E-state index contributed by atoms with van der Waals surface area (Å²) in [7, 11) is 0. The highest BCUT2D eigenvalue weighted by molar-refractivity contribution is 5.41. The second-order valence-electron chi connectivity index (χ2n) is 7.49. The molecule has 22 heavy (non-hydrogen) atoms. The highest BCUT2D eigenvalue weighted by Crippen LogP contribution is 2.47. The molecule has 2 fully saturated rings. The number of hydrogen-bond donors (Lipinski definition) is 2. The van der Waals surface area contributed by atoms with Gasteiger partial charge in [-0.05, 0) is 76.4 Å². The van der Waals surface area contributed by atoms with Crippen molar-refractivity contribution in [1.29, 1.82) is 0 Å². The van der Waals surface area contributed by atoms with Gasteiger partial charge in [0, 0.05) is 30.1 Å². The van der Waals surface area contributed by atoms with Crippen molar-refractivity contribution in [3.63, 3.8) is 0 Å². The number of halogens is 1. The van der Waals surface area contributed by atoms with Gasteiger partial charge in [0.1, 0.15) is 5.83 Å². The summed E-state index contributed by atoms with van der Waals surface area (Å²) < 4.78 is 13.8. The molecule has 1 atom stereocenters. The normalized spacial score (nSPS) is 32.4. The van der Waals surface area contributed by atoms with Crippen molar-refractivity contribution in [3.8, 4) is 0 Å². The van der Waals surface area contributed by atoms with E-state index in [4.69, 9.17) is 0 Å². The lowest BCUT2D eigenvalue weighted by Crippen LogP contribution is -2.47. The molecular formula is C18H28FN3. The first kappa shape index (κ1) is 14.7. The second-order valence-corrected chi connectivity index (χ2v) is 7.49. The molecule has 0 amide bonds. The standard InChI is InChI=1S/C18H28FN3/c19-14-3-4-17-16(12-14)18(13-21-17)6-10-22(11-7-18)15-2-1-8-20-9-5-15/h12,15,20-21H,1-11,13H2. The number of rotatable bonds is 1. The van der Waals surface area contributed by atoms with Crippen LogP contribution in [-0.4, -0.2) is 43.7 Å². The third-order valence-corrected chi connectivity index (χ3v) is 6.27. The van der Waals surface area contributed by atoms with Gasteiger partial charge in [-0.1, -0.05) is 0 Å². The molecule has 3 nitrogen and oxygen atoms in total. The lowest BCUT2D eigenvalue weighted by atomic mass is 9.72. The summed E-state index contributed by atoms with van der Waals surface area (Å²) in [5.41, 5.74) is 2.85.